The Morgan fingerprint density at radius 1 is 1.23 bits per heavy atom. The summed E-state index contributed by atoms with van der Waals surface area (Å²) in [6, 6.07) is 6.69. The summed E-state index contributed by atoms with van der Waals surface area (Å²) >= 11 is 0. The minimum atomic E-state index is -3.07. The summed E-state index contributed by atoms with van der Waals surface area (Å²) in [5.74, 6) is -3.32. The molecule has 4 unspecified atom stereocenters. The van der Waals surface area contributed by atoms with Crippen LogP contribution in [-0.4, -0.2) is 57.5 Å². The van der Waals surface area contributed by atoms with E-state index in [-0.39, 0.29) is 36.9 Å². The van der Waals surface area contributed by atoms with Crippen molar-refractivity contribution in [1.82, 2.24) is 20.0 Å². The van der Waals surface area contributed by atoms with Crippen molar-refractivity contribution in [2.45, 2.75) is 75.6 Å². The van der Waals surface area contributed by atoms with Crippen LogP contribution in [0.5, 0.6) is 0 Å². The van der Waals surface area contributed by atoms with Crippen molar-refractivity contribution in [3.05, 3.63) is 53.6 Å². The molecule has 1 saturated heterocycles. The number of likely N-dealkylation sites (tertiary alicyclic amines) is 1. The fourth-order valence-electron chi connectivity index (χ4n) is 5.08. The van der Waals surface area contributed by atoms with Crippen molar-refractivity contribution < 1.29 is 22.7 Å². The largest absolute Gasteiger partial charge is 0.444 e. The lowest BCUT2D eigenvalue weighted by Crippen LogP contribution is -2.61. The van der Waals surface area contributed by atoms with Crippen LogP contribution in [-0.2, 0) is 4.74 Å². The molecular formula is C25H30F3N5O2. The Morgan fingerprint density at radius 2 is 1.91 bits per heavy atom. The van der Waals surface area contributed by atoms with Crippen molar-refractivity contribution in [2.24, 2.45) is 0 Å². The Hall–Kier alpha value is -3.06. The average molecular weight is 490 g/mol. The first-order valence-corrected chi connectivity index (χ1v) is 11.8. The number of alkyl carbamates (subject to hydrolysis) is 1. The van der Waals surface area contributed by atoms with Crippen LogP contribution in [0.25, 0.3) is 0 Å². The molecule has 1 aromatic heterocycles. The molecule has 188 valence electrons. The molecule has 1 amide bonds. The van der Waals surface area contributed by atoms with Crippen LogP contribution in [0.15, 0.2) is 36.7 Å². The van der Waals surface area contributed by atoms with Gasteiger partial charge in [0.05, 0.1) is 17.8 Å². The van der Waals surface area contributed by atoms with Gasteiger partial charge in [-0.3, -0.25) is 9.58 Å². The van der Waals surface area contributed by atoms with Crippen LogP contribution in [0, 0.1) is 17.1 Å². The Kier molecular flexibility index (Phi) is 6.82. The third-order valence-electron chi connectivity index (χ3n) is 6.73. The van der Waals surface area contributed by atoms with E-state index in [4.69, 9.17) is 4.74 Å². The first-order valence-electron chi connectivity index (χ1n) is 11.8. The monoisotopic (exact) mass is 489 g/mol. The number of benzene rings is 1. The molecule has 0 spiro atoms. The summed E-state index contributed by atoms with van der Waals surface area (Å²) < 4.78 is 50.0. The molecule has 2 fully saturated rings. The number of carbonyl (C=O) groups is 1. The van der Waals surface area contributed by atoms with Crippen LogP contribution in [0.4, 0.5) is 18.0 Å². The minimum absolute atomic E-state index is 0.0457. The number of nitriles is 1. The number of ether oxygens (including phenoxy) is 1. The van der Waals surface area contributed by atoms with Gasteiger partial charge < -0.3 is 10.1 Å². The molecule has 2 aliphatic rings. The summed E-state index contributed by atoms with van der Waals surface area (Å²) in [7, 11) is 0. The second-order valence-electron chi connectivity index (χ2n) is 10.4. The van der Waals surface area contributed by atoms with Gasteiger partial charge in [-0.25, -0.2) is 18.0 Å². The molecule has 10 heteroatoms. The molecular weight excluding hydrogens is 459 g/mol. The van der Waals surface area contributed by atoms with Crippen molar-refractivity contribution in [3.8, 4) is 6.07 Å². The van der Waals surface area contributed by atoms with Gasteiger partial charge in [-0.2, -0.15) is 10.4 Å². The third kappa shape index (κ3) is 5.78. The number of carbonyl (C=O) groups excluding carboxylic acids is 1. The average Bonchev–Trinajstić information content (AvgIpc) is 3.41. The zero-order chi connectivity index (χ0) is 25.4. The predicted octanol–water partition coefficient (Wildman–Crippen LogP) is 4.62. The van der Waals surface area contributed by atoms with Gasteiger partial charge in [0, 0.05) is 31.7 Å². The first-order chi connectivity index (χ1) is 16.4. The quantitative estimate of drug-likeness (QED) is 0.678. The Bertz CT molecular complexity index is 1090. The van der Waals surface area contributed by atoms with Gasteiger partial charge in [-0.05, 0) is 57.2 Å². The lowest BCUT2D eigenvalue weighted by atomic mass is 9.96. The standard InChI is InChI=1S/C25H30F3N5O2/c1-24(2,3)35-23(34)31-22-15-32(9-8-25(22,27)28)20-10-18(17-4-6-19(26)7-5-17)11-21(20)33-14-16(12-29)13-30-33/h4-7,13-14,18,20-22H,8-11,15H2,1-3H3,(H,31,34). The van der Waals surface area contributed by atoms with E-state index >= 15 is 0 Å². The lowest BCUT2D eigenvalue weighted by molar-refractivity contribution is -0.0935. The molecule has 0 bridgehead atoms. The van der Waals surface area contributed by atoms with Crippen LogP contribution < -0.4 is 5.32 Å². The number of nitrogens with one attached hydrogen (secondary N) is 1. The van der Waals surface area contributed by atoms with E-state index in [0.717, 1.165) is 5.56 Å². The number of alkyl halides is 2. The van der Waals surface area contributed by atoms with E-state index in [1.807, 2.05) is 4.90 Å². The lowest BCUT2D eigenvalue weighted by Gasteiger charge is -2.42. The van der Waals surface area contributed by atoms with Crippen molar-refractivity contribution in [3.63, 3.8) is 0 Å². The van der Waals surface area contributed by atoms with E-state index in [0.29, 0.717) is 18.4 Å². The number of piperidine rings is 1. The molecule has 1 aliphatic carbocycles. The molecule has 0 radical (unpaired) electrons. The zero-order valence-electron chi connectivity index (χ0n) is 20.0. The van der Waals surface area contributed by atoms with Crippen molar-refractivity contribution in [1.29, 1.82) is 5.26 Å². The highest BCUT2D eigenvalue weighted by Crippen LogP contribution is 2.45. The van der Waals surface area contributed by atoms with E-state index in [2.05, 4.69) is 16.5 Å². The van der Waals surface area contributed by atoms with E-state index in [9.17, 15) is 23.2 Å². The van der Waals surface area contributed by atoms with Gasteiger partial charge in [-0.1, -0.05) is 12.1 Å². The maximum Gasteiger partial charge on any atom is 0.408 e. The number of hydrogen-bond acceptors (Lipinski definition) is 5. The van der Waals surface area contributed by atoms with Gasteiger partial charge in [0.25, 0.3) is 5.92 Å². The third-order valence-corrected chi connectivity index (χ3v) is 6.73. The minimum Gasteiger partial charge on any atom is -0.444 e. The topological polar surface area (TPSA) is 83.2 Å². The normalized spacial score (nSPS) is 26.8. The van der Waals surface area contributed by atoms with Gasteiger partial charge in [0.1, 0.15) is 23.5 Å². The highest BCUT2D eigenvalue weighted by molar-refractivity contribution is 5.68. The predicted molar refractivity (Wildman–Crippen MR) is 122 cm³/mol. The Balaban J connectivity index is 1.57. The molecule has 4 atom stereocenters. The van der Waals surface area contributed by atoms with Gasteiger partial charge in [0.15, 0.2) is 0 Å². The second-order valence-corrected chi connectivity index (χ2v) is 10.4. The van der Waals surface area contributed by atoms with E-state index in [1.54, 1.807) is 43.8 Å². The molecule has 4 rings (SSSR count). The maximum absolute atomic E-state index is 14.8. The highest BCUT2D eigenvalue weighted by Gasteiger charge is 2.49. The summed E-state index contributed by atoms with van der Waals surface area (Å²) in [5, 5.41) is 16.0. The number of nitrogens with zero attached hydrogens (tertiary/aromatic N) is 4. The molecule has 2 aromatic rings. The number of rotatable bonds is 4. The molecule has 35 heavy (non-hydrogen) atoms. The van der Waals surface area contributed by atoms with Crippen LogP contribution in [0.3, 0.4) is 0 Å². The molecule has 1 saturated carbocycles. The SMILES string of the molecule is CC(C)(C)OC(=O)NC1CN(C2CC(c3ccc(F)cc3)CC2n2cc(C#N)cn2)CCC1(F)F. The molecule has 7 nitrogen and oxygen atoms in total. The van der Waals surface area contributed by atoms with Gasteiger partial charge >= 0.3 is 6.09 Å². The van der Waals surface area contributed by atoms with Crippen molar-refractivity contribution in [2.75, 3.05) is 13.1 Å². The number of hydrogen-bond donors (Lipinski definition) is 1. The van der Waals surface area contributed by atoms with Crippen molar-refractivity contribution >= 4 is 6.09 Å². The summed E-state index contributed by atoms with van der Waals surface area (Å²) in [6.45, 7) is 5.14. The first kappa shape index (κ1) is 25.0. The molecule has 1 N–H and O–H groups in total. The maximum atomic E-state index is 14.8. The van der Waals surface area contributed by atoms with Gasteiger partial charge in [-0.15, -0.1) is 0 Å². The summed E-state index contributed by atoms with van der Waals surface area (Å²) in [4.78, 5) is 14.2. The summed E-state index contributed by atoms with van der Waals surface area (Å²) in [5.41, 5.74) is 0.589. The van der Waals surface area contributed by atoms with Crippen LogP contribution in [0.2, 0.25) is 0 Å². The zero-order valence-corrected chi connectivity index (χ0v) is 20.0. The van der Waals surface area contributed by atoms with Crippen LogP contribution >= 0.6 is 0 Å². The molecule has 1 aliphatic heterocycles. The fraction of sp³-hybridized carbons (Fsp3) is 0.560. The highest BCUT2D eigenvalue weighted by atomic mass is 19.3. The number of amides is 1. The summed E-state index contributed by atoms with van der Waals surface area (Å²) in [6.07, 6.45) is 3.20. The Morgan fingerprint density at radius 3 is 2.54 bits per heavy atom. The molecule has 1 aromatic carbocycles. The smallest absolute Gasteiger partial charge is 0.408 e. The number of halogens is 3. The van der Waals surface area contributed by atoms with Crippen LogP contribution in [0.1, 0.15) is 63.1 Å². The van der Waals surface area contributed by atoms with Gasteiger partial charge in [0.2, 0.25) is 0 Å². The van der Waals surface area contributed by atoms with E-state index < -0.39 is 30.1 Å². The fourth-order valence-corrected chi connectivity index (χ4v) is 5.08. The molecule has 2 heterocycles. The second kappa shape index (κ2) is 9.53. The van der Waals surface area contributed by atoms with E-state index in [1.165, 1.54) is 18.3 Å². The number of aromatic nitrogens is 2. The Labute approximate surface area is 202 Å².